The Morgan fingerprint density at radius 3 is 2.70 bits per heavy atom. The van der Waals surface area contributed by atoms with E-state index in [1.807, 2.05) is 6.07 Å². The molecule has 1 saturated heterocycles. The summed E-state index contributed by atoms with van der Waals surface area (Å²) in [5.41, 5.74) is 0.708. The van der Waals surface area contributed by atoms with Crippen LogP contribution in [0.4, 0.5) is 0 Å². The zero-order chi connectivity index (χ0) is 16.9. The molecule has 1 heterocycles. The minimum atomic E-state index is -3.82. The van der Waals surface area contributed by atoms with Gasteiger partial charge < -0.3 is 19.3 Å². The highest BCUT2D eigenvalue weighted by atomic mass is 31.2. The quantitative estimate of drug-likeness (QED) is 0.705. The number of hydrogen-bond donors (Lipinski definition) is 2. The molecular formula is C16H23O6P. The smallest absolute Gasteiger partial charge is 0.332 e. The van der Waals surface area contributed by atoms with Crippen LogP contribution in [-0.2, 0) is 24.8 Å². The fraction of sp³-hybridized carbons (Fsp3) is 0.562. The summed E-state index contributed by atoms with van der Waals surface area (Å²) in [5, 5.41) is 9.35. The van der Waals surface area contributed by atoms with Gasteiger partial charge in [0.15, 0.2) is 0 Å². The maximum Gasteiger partial charge on any atom is 0.332 e. The van der Waals surface area contributed by atoms with Crippen LogP contribution in [0.2, 0.25) is 0 Å². The number of ether oxygens (including phenoxy) is 1. The molecule has 0 saturated carbocycles. The molecular weight excluding hydrogens is 319 g/mol. The van der Waals surface area contributed by atoms with Crippen molar-refractivity contribution in [1.82, 2.24) is 0 Å². The van der Waals surface area contributed by atoms with Crippen molar-refractivity contribution in [2.45, 2.75) is 44.6 Å². The fourth-order valence-electron chi connectivity index (χ4n) is 2.86. The summed E-state index contributed by atoms with van der Waals surface area (Å²) in [6.45, 7) is 2.19. The molecule has 0 aromatic heterocycles. The lowest BCUT2D eigenvalue weighted by molar-refractivity contribution is -0.147. The zero-order valence-corrected chi connectivity index (χ0v) is 14.0. The first-order valence-corrected chi connectivity index (χ1v) is 9.52. The molecule has 0 bridgehead atoms. The summed E-state index contributed by atoms with van der Waals surface area (Å²) in [6.07, 6.45) is 0.626. The highest BCUT2D eigenvalue weighted by Gasteiger charge is 2.34. The summed E-state index contributed by atoms with van der Waals surface area (Å²) >= 11 is 0. The van der Waals surface area contributed by atoms with Crippen LogP contribution in [0.1, 0.15) is 31.7 Å². The molecule has 2 rings (SSSR count). The van der Waals surface area contributed by atoms with Crippen molar-refractivity contribution in [3.8, 4) is 0 Å². The highest BCUT2D eigenvalue weighted by molar-refractivity contribution is 7.51. The maximum atomic E-state index is 12.2. The molecule has 1 aliphatic rings. The number of aliphatic carboxylic acids is 1. The SMILES string of the molecule is CC(CC(C(=O)O)C1CCCO1)OP(=O)(O)Cc1ccccc1. The Morgan fingerprint density at radius 2 is 2.13 bits per heavy atom. The lowest BCUT2D eigenvalue weighted by Gasteiger charge is -2.24. The molecule has 128 valence electrons. The first-order valence-electron chi connectivity index (χ1n) is 7.76. The molecule has 4 atom stereocenters. The predicted molar refractivity (Wildman–Crippen MR) is 85.2 cm³/mol. The van der Waals surface area contributed by atoms with Crippen LogP contribution in [0.15, 0.2) is 30.3 Å². The minimum absolute atomic E-state index is 0.0875. The van der Waals surface area contributed by atoms with Crippen molar-refractivity contribution in [3.63, 3.8) is 0 Å². The number of benzene rings is 1. The average Bonchev–Trinajstić information content (AvgIpc) is 2.98. The third kappa shape index (κ3) is 5.74. The van der Waals surface area contributed by atoms with Gasteiger partial charge in [-0.2, -0.15) is 0 Å². The van der Waals surface area contributed by atoms with E-state index in [1.165, 1.54) is 0 Å². The van der Waals surface area contributed by atoms with Crippen molar-refractivity contribution < 1.29 is 28.6 Å². The Kier molecular flexibility index (Phi) is 6.36. The highest BCUT2D eigenvalue weighted by Crippen LogP contribution is 2.47. The van der Waals surface area contributed by atoms with Crippen LogP contribution in [0, 0.1) is 5.92 Å². The lowest BCUT2D eigenvalue weighted by Crippen LogP contribution is -2.31. The van der Waals surface area contributed by atoms with E-state index in [9.17, 15) is 19.4 Å². The number of carbonyl (C=O) groups is 1. The molecule has 1 aromatic carbocycles. The third-order valence-electron chi connectivity index (χ3n) is 3.89. The Hall–Kier alpha value is -1.20. The average molecular weight is 342 g/mol. The molecule has 4 unspecified atom stereocenters. The summed E-state index contributed by atoms with van der Waals surface area (Å²) in [5.74, 6) is -1.67. The first-order chi connectivity index (χ1) is 10.9. The standard InChI is InChI=1S/C16H23O6P/c1-12(10-14(16(17)18)15-8-5-9-21-15)22-23(19,20)11-13-6-3-2-4-7-13/h2-4,6-7,12,14-15H,5,8-11H2,1H3,(H,17,18)(H,19,20). The zero-order valence-electron chi connectivity index (χ0n) is 13.1. The Morgan fingerprint density at radius 1 is 1.43 bits per heavy atom. The summed E-state index contributed by atoms with van der Waals surface area (Å²) in [7, 11) is -3.82. The van der Waals surface area contributed by atoms with Crippen LogP contribution in [0.3, 0.4) is 0 Å². The van der Waals surface area contributed by atoms with Crippen LogP contribution >= 0.6 is 7.60 Å². The maximum absolute atomic E-state index is 12.2. The van der Waals surface area contributed by atoms with Crippen LogP contribution in [-0.4, -0.2) is 34.8 Å². The summed E-state index contributed by atoms with van der Waals surface area (Å²) in [4.78, 5) is 21.4. The normalized spacial score (nSPS) is 23.1. The van der Waals surface area contributed by atoms with Gasteiger partial charge in [0.05, 0.1) is 24.3 Å². The Balaban J connectivity index is 1.92. The van der Waals surface area contributed by atoms with Gasteiger partial charge in [0.2, 0.25) is 0 Å². The first kappa shape index (κ1) is 18.1. The van der Waals surface area contributed by atoms with Crippen LogP contribution < -0.4 is 0 Å². The fourth-order valence-corrected chi connectivity index (χ4v) is 4.26. The number of carboxylic acid groups (broad SMARTS) is 1. The number of rotatable bonds is 8. The largest absolute Gasteiger partial charge is 0.481 e. The van der Waals surface area contributed by atoms with Crippen molar-refractivity contribution in [3.05, 3.63) is 35.9 Å². The van der Waals surface area contributed by atoms with E-state index in [-0.39, 0.29) is 18.7 Å². The van der Waals surface area contributed by atoms with Crippen LogP contribution in [0.5, 0.6) is 0 Å². The van der Waals surface area contributed by atoms with Gasteiger partial charge in [-0.25, -0.2) is 0 Å². The van der Waals surface area contributed by atoms with E-state index in [4.69, 9.17) is 9.26 Å². The van der Waals surface area contributed by atoms with Crippen molar-refractivity contribution in [2.75, 3.05) is 6.61 Å². The second-order valence-corrected chi connectivity index (χ2v) is 7.73. The molecule has 0 spiro atoms. The Labute approximate surface area is 136 Å². The van der Waals surface area contributed by atoms with Gasteiger partial charge >= 0.3 is 13.6 Å². The lowest BCUT2D eigenvalue weighted by atomic mass is 9.94. The van der Waals surface area contributed by atoms with Gasteiger partial charge in [-0.1, -0.05) is 30.3 Å². The van der Waals surface area contributed by atoms with Gasteiger partial charge in [-0.05, 0) is 31.7 Å². The molecule has 1 aromatic rings. The molecule has 1 fully saturated rings. The van der Waals surface area contributed by atoms with E-state index in [0.29, 0.717) is 18.6 Å². The topological polar surface area (TPSA) is 93.1 Å². The third-order valence-corrected chi connectivity index (χ3v) is 5.34. The number of hydrogen-bond acceptors (Lipinski definition) is 4. The second-order valence-electron chi connectivity index (χ2n) is 5.93. The molecule has 2 N–H and O–H groups in total. The van der Waals surface area contributed by atoms with Gasteiger partial charge in [0, 0.05) is 6.61 Å². The summed E-state index contributed by atoms with van der Waals surface area (Å²) < 4.78 is 22.9. The van der Waals surface area contributed by atoms with E-state index in [2.05, 4.69) is 0 Å². The summed E-state index contributed by atoms with van der Waals surface area (Å²) in [6, 6.07) is 8.91. The van der Waals surface area contributed by atoms with Gasteiger partial charge in [-0.3, -0.25) is 9.36 Å². The molecule has 0 amide bonds. The van der Waals surface area contributed by atoms with Gasteiger partial charge in [-0.15, -0.1) is 0 Å². The van der Waals surface area contributed by atoms with E-state index in [1.54, 1.807) is 31.2 Å². The molecule has 1 aliphatic heterocycles. The molecule has 6 nitrogen and oxygen atoms in total. The Bertz CT molecular complexity index is 555. The molecule has 0 radical (unpaired) electrons. The van der Waals surface area contributed by atoms with Crippen molar-refractivity contribution in [1.29, 1.82) is 0 Å². The minimum Gasteiger partial charge on any atom is -0.481 e. The van der Waals surface area contributed by atoms with Crippen molar-refractivity contribution >= 4 is 13.6 Å². The number of carboxylic acids is 1. The predicted octanol–water partition coefficient (Wildman–Crippen LogP) is 3.05. The molecule has 7 heteroatoms. The van der Waals surface area contributed by atoms with E-state index in [0.717, 1.165) is 6.42 Å². The van der Waals surface area contributed by atoms with E-state index >= 15 is 0 Å². The van der Waals surface area contributed by atoms with Gasteiger partial charge in [0.25, 0.3) is 0 Å². The van der Waals surface area contributed by atoms with Gasteiger partial charge in [0.1, 0.15) is 0 Å². The molecule has 0 aliphatic carbocycles. The molecule has 23 heavy (non-hydrogen) atoms. The van der Waals surface area contributed by atoms with Crippen LogP contribution in [0.25, 0.3) is 0 Å². The monoisotopic (exact) mass is 342 g/mol. The second kappa shape index (κ2) is 8.06. The van der Waals surface area contributed by atoms with E-state index < -0.39 is 25.6 Å². The van der Waals surface area contributed by atoms with Crippen molar-refractivity contribution in [2.24, 2.45) is 5.92 Å².